The number of hydrogen-bond donors (Lipinski definition) is 5. The first-order chi connectivity index (χ1) is 14.6. The van der Waals surface area contributed by atoms with Crippen LogP contribution in [0.15, 0.2) is 48.5 Å². The van der Waals surface area contributed by atoms with E-state index in [0.717, 1.165) is 11.0 Å². The molecule has 160 valence electrons. The van der Waals surface area contributed by atoms with E-state index in [2.05, 4.69) is 23.7 Å². The van der Waals surface area contributed by atoms with Gasteiger partial charge in [-0.2, -0.15) is 0 Å². The molecule has 0 aromatic heterocycles. The molecule has 2 atom stereocenters. The molecule has 2 amide bonds. The van der Waals surface area contributed by atoms with Gasteiger partial charge in [0, 0.05) is 22.4 Å². The van der Waals surface area contributed by atoms with Crippen molar-refractivity contribution >= 4 is 17.5 Å². The minimum absolute atomic E-state index is 0.0271. The van der Waals surface area contributed by atoms with E-state index in [9.17, 15) is 23.5 Å². The molecule has 2 rings (SSSR count). The molecule has 0 aliphatic rings. The summed E-state index contributed by atoms with van der Waals surface area (Å²) in [5.74, 6) is 8.68. The van der Waals surface area contributed by atoms with E-state index < -0.39 is 29.9 Å². The first-order valence-corrected chi connectivity index (χ1v) is 8.88. The number of nitrogens with two attached hydrogens (primary N) is 1. The van der Waals surface area contributed by atoms with E-state index in [1.807, 2.05) is 5.32 Å². The van der Waals surface area contributed by atoms with Crippen molar-refractivity contribution in [1.29, 1.82) is 0 Å². The Morgan fingerprint density at radius 1 is 1.00 bits per heavy atom. The molecule has 2 aromatic rings. The Balaban J connectivity index is 2.10. The summed E-state index contributed by atoms with van der Waals surface area (Å²) < 4.78 is 26.1. The highest BCUT2D eigenvalue weighted by Crippen LogP contribution is 2.20. The van der Waals surface area contributed by atoms with Crippen molar-refractivity contribution in [2.75, 3.05) is 5.73 Å². The fourth-order valence-electron chi connectivity index (χ4n) is 2.36. The zero-order valence-corrected chi connectivity index (χ0v) is 16.3. The molecule has 9 heteroatoms. The normalized spacial score (nSPS) is 13.0. The summed E-state index contributed by atoms with van der Waals surface area (Å²) >= 11 is 0. The van der Waals surface area contributed by atoms with Gasteiger partial charge in [-0.05, 0) is 67.3 Å². The molecule has 0 spiro atoms. The SMILES string of the molecule is CC(O)(C(F)F)C(NC(=O)c1ccc(C#CC#Cc2ccc(N)cc2)cc1)C(=O)NO. The monoisotopic (exact) mass is 427 g/mol. The molecule has 0 fully saturated rings. The van der Waals surface area contributed by atoms with E-state index in [1.165, 1.54) is 24.3 Å². The fraction of sp³-hybridized carbons (Fsp3) is 0.182. The summed E-state index contributed by atoms with van der Waals surface area (Å²) in [5, 5.41) is 20.5. The van der Waals surface area contributed by atoms with Gasteiger partial charge in [-0.3, -0.25) is 14.8 Å². The summed E-state index contributed by atoms with van der Waals surface area (Å²) in [5.41, 5.74) is 5.77. The van der Waals surface area contributed by atoms with Gasteiger partial charge < -0.3 is 16.2 Å². The number of carbonyl (C=O) groups excluding carboxylic acids is 2. The molecule has 6 N–H and O–H groups in total. The molecule has 0 heterocycles. The third-order valence-corrected chi connectivity index (χ3v) is 4.21. The number of alkyl halides is 2. The molecule has 7 nitrogen and oxygen atoms in total. The molecule has 2 unspecified atom stereocenters. The molecule has 0 bridgehead atoms. The summed E-state index contributed by atoms with van der Waals surface area (Å²) in [6.07, 6.45) is -3.36. The maximum absolute atomic E-state index is 13.0. The van der Waals surface area contributed by atoms with Crippen LogP contribution in [-0.2, 0) is 4.79 Å². The lowest BCUT2D eigenvalue weighted by molar-refractivity contribution is -0.149. The van der Waals surface area contributed by atoms with Crippen LogP contribution in [0.25, 0.3) is 0 Å². The lowest BCUT2D eigenvalue weighted by Gasteiger charge is -2.30. The van der Waals surface area contributed by atoms with E-state index in [4.69, 9.17) is 10.9 Å². The number of benzene rings is 2. The number of hydroxylamine groups is 1. The van der Waals surface area contributed by atoms with Crippen LogP contribution in [0.4, 0.5) is 14.5 Å². The van der Waals surface area contributed by atoms with Gasteiger partial charge in [-0.15, -0.1) is 0 Å². The molecule has 0 saturated heterocycles. The quantitative estimate of drug-likeness (QED) is 0.213. The predicted octanol–water partition coefficient (Wildman–Crippen LogP) is 1.29. The third-order valence-electron chi connectivity index (χ3n) is 4.21. The van der Waals surface area contributed by atoms with Gasteiger partial charge in [0.2, 0.25) is 0 Å². The second-order valence-electron chi connectivity index (χ2n) is 6.61. The number of hydrogen-bond acceptors (Lipinski definition) is 5. The van der Waals surface area contributed by atoms with Crippen LogP contribution in [0.1, 0.15) is 28.4 Å². The van der Waals surface area contributed by atoms with Crippen LogP contribution in [0.3, 0.4) is 0 Å². The van der Waals surface area contributed by atoms with Crippen molar-refractivity contribution in [3.63, 3.8) is 0 Å². The highest BCUT2D eigenvalue weighted by molar-refractivity contribution is 5.97. The molecule has 2 aromatic carbocycles. The van der Waals surface area contributed by atoms with Crippen LogP contribution in [0, 0.1) is 23.7 Å². The second-order valence-corrected chi connectivity index (χ2v) is 6.61. The lowest BCUT2D eigenvalue weighted by atomic mass is 9.95. The van der Waals surface area contributed by atoms with Crippen LogP contribution >= 0.6 is 0 Å². The highest BCUT2D eigenvalue weighted by atomic mass is 19.3. The Morgan fingerprint density at radius 2 is 1.48 bits per heavy atom. The van der Waals surface area contributed by atoms with Crippen molar-refractivity contribution in [1.82, 2.24) is 10.8 Å². The molecule has 0 radical (unpaired) electrons. The standard InChI is InChI=1S/C22H19F2N3O4/c1-22(30,21(23)24)18(20(29)27-31)26-19(28)16-10-6-14(7-11-16)4-2-3-5-15-8-12-17(25)13-9-15/h6-13,18,21,30-31H,25H2,1H3,(H,26,28)(H,27,29). The largest absolute Gasteiger partial charge is 0.399 e. The number of amides is 2. The Hall–Kier alpha value is -3.92. The number of nitrogen functional groups attached to an aromatic ring is 1. The highest BCUT2D eigenvalue weighted by Gasteiger charge is 2.46. The maximum Gasteiger partial charge on any atom is 0.269 e. The molecule has 0 saturated carbocycles. The van der Waals surface area contributed by atoms with Crippen LogP contribution < -0.4 is 16.5 Å². The first-order valence-electron chi connectivity index (χ1n) is 8.88. The van der Waals surface area contributed by atoms with Gasteiger partial charge >= 0.3 is 0 Å². The number of aliphatic hydroxyl groups is 1. The zero-order chi connectivity index (χ0) is 23.0. The van der Waals surface area contributed by atoms with Crippen molar-refractivity contribution in [2.45, 2.75) is 25.0 Å². The van der Waals surface area contributed by atoms with Crippen LogP contribution in [-0.4, -0.2) is 40.2 Å². The van der Waals surface area contributed by atoms with Crippen molar-refractivity contribution < 1.29 is 28.7 Å². The maximum atomic E-state index is 13.0. The Bertz CT molecular complexity index is 1060. The summed E-state index contributed by atoms with van der Waals surface area (Å²) in [4.78, 5) is 23.9. The van der Waals surface area contributed by atoms with Gasteiger partial charge in [0.1, 0.15) is 6.04 Å². The zero-order valence-electron chi connectivity index (χ0n) is 16.3. The number of halogens is 2. The smallest absolute Gasteiger partial charge is 0.269 e. The minimum Gasteiger partial charge on any atom is -0.399 e. The topological polar surface area (TPSA) is 125 Å². The summed E-state index contributed by atoms with van der Waals surface area (Å²) in [6.45, 7) is 0.669. The lowest BCUT2D eigenvalue weighted by Crippen LogP contribution is -2.61. The third kappa shape index (κ3) is 6.28. The van der Waals surface area contributed by atoms with Gasteiger partial charge in [0.05, 0.1) is 0 Å². The fourth-order valence-corrected chi connectivity index (χ4v) is 2.36. The van der Waals surface area contributed by atoms with Crippen molar-refractivity contribution in [2.24, 2.45) is 0 Å². The second kappa shape index (κ2) is 10.2. The van der Waals surface area contributed by atoms with Crippen molar-refractivity contribution in [3.8, 4) is 23.7 Å². The van der Waals surface area contributed by atoms with Crippen LogP contribution in [0.5, 0.6) is 0 Å². The first kappa shape index (κ1) is 23.4. The number of nitrogens with one attached hydrogen (secondary N) is 2. The van der Waals surface area contributed by atoms with Gasteiger partial charge in [0.25, 0.3) is 18.2 Å². The molecule has 0 aliphatic carbocycles. The van der Waals surface area contributed by atoms with Gasteiger partial charge in [-0.1, -0.05) is 11.8 Å². The van der Waals surface area contributed by atoms with Gasteiger partial charge in [-0.25, -0.2) is 14.3 Å². The average Bonchev–Trinajstić information content (AvgIpc) is 2.75. The van der Waals surface area contributed by atoms with E-state index >= 15 is 0 Å². The molecular formula is C22H19F2N3O4. The minimum atomic E-state index is -3.36. The van der Waals surface area contributed by atoms with E-state index in [-0.39, 0.29) is 5.56 Å². The van der Waals surface area contributed by atoms with Crippen molar-refractivity contribution in [3.05, 3.63) is 65.2 Å². The van der Waals surface area contributed by atoms with Crippen LogP contribution in [0.2, 0.25) is 0 Å². The number of anilines is 1. The van der Waals surface area contributed by atoms with E-state index in [0.29, 0.717) is 18.2 Å². The Morgan fingerprint density at radius 3 is 1.94 bits per heavy atom. The summed E-state index contributed by atoms with van der Waals surface area (Å²) in [7, 11) is 0. The Kier molecular flexibility index (Phi) is 7.70. The van der Waals surface area contributed by atoms with E-state index in [1.54, 1.807) is 24.3 Å². The molecule has 0 aliphatic heterocycles. The Labute approximate surface area is 177 Å². The average molecular weight is 427 g/mol. The van der Waals surface area contributed by atoms with Gasteiger partial charge in [0.15, 0.2) is 5.60 Å². The molecular weight excluding hydrogens is 408 g/mol. The predicted molar refractivity (Wildman–Crippen MR) is 109 cm³/mol. The number of rotatable bonds is 5. The number of carbonyl (C=O) groups is 2. The molecule has 31 heavy (non-hydrogen) atoms. The summed E-state index contributed by atoms with van der Waals surface area (Å²) in [6, 6.07) is 10.6.